The van der Waals surface area contributed by atoms with Gasteiger partial charge in [0.2, 0.25) is 0 Å². The number of pyridine rings is 1. The third-order valence-corrected chi connectivity index (χ3v) is 5.69. The minimum atomic E-state index is -0.205. The van der Waals surface area contributed by atoms with Crippen molar-refractivity contribution >= 4 is 33.8 Å². The lowest BCUT2D eigenvalue weighted by Gasteiger charge is -2.08. The van der Waals surface area contributed by atoms with E-state index in [1.807, 2.05) is 55.5 Å². The van der Waals surface area contributed by atoms with Crippen LogP contribution in [0.2, 0.25) is 0 Å². The molecular formula is C22H19N3O3S. The largest absolute Gasteiger partial charge is 0.493 e. The van der Waals surface area contributed by atoms with E-state index in [4.69, 9.17) is 9.47 Å². The van der Waals surface area contributed by atoms with Crippen LogP contribution in [0.4, 0.5) is 5.69 Å². The summed E-state index contributed by atoms with van der Waals surface area (Å²) >= 11 is 1.34. The Balaban J connectivity index is 1.60. The summed E-state index contributed by atoms with van der Waals surface area (Å²) in [5, 5.41) is 4.63. The van der Waals surface area contributed by atoms with Crippen LogP contribution in [0.1, 0.15) is 15.4 Å². The zero-order valence-electron chi connectivity index (χ0n) is 16.2. The molecule has 2 heterocycles. The summed E-state index contributed by atoms with van der Waals surface area (Å²) in [5.74, 6) is 1.06. The van der Waals surface area contributed by atoms with Gasteiger partial charge in [-0.1, -0.05) is 18.2 Å². The maximum atomic E-state index is 12.8. The Morgan fingerprint density at radius 1 is 1.03 bits per heavy atom. The Labute approximate surface area is 172 Å². The maximum Gasteiger partial charge on any atom is 0.267 e. The Kier molecular flexibility index (Phi) is 5.14. The van der Waals surface area contributed by atoms with E-state index < -0.39 is 0 Å². The molecule has 6 nitrogen and oxygen atoms in total. The topological polar surface area (TPSA) is 73.3 Å². The van der Waals surface area contributed by atoms with Crippen molar-refractivity contribution in [3.63, 3.8) is 0 Å². The molecule has 0 bridgehead atoms. The number of amides is 1. The SMILES string of the molecule is COc1ccc(-c2nc(C)c(C(=O)Nc3cnc4ccccc4c3)s2)cc1OC. The number of aryl methyl sites for hydroxylation is 1. The summed E-state index contributed by atoms with van der Waals surface area (Å²) in [6.45, 7) is 1.83. The normalized spacial score (nSPS) is 10.7. The summed E-state index contributed by atoms with van der Waals surface area (Å²) in [7, 11) is 3.18. The van der Waals surface area contributed by atoms with Gasteiger partial charge in [-0.05, 0) is 37.3 Å². The van der Waals surface area contributed by atoms with E-state index in [0.717, 1.165) is 21.5 Å². The highest BCUT2D eigenvalue weighted by atomic mass is 32.1. The van der Waals surface area contributed by atoms with E-state index in [9.17, 15) is 4.79 Å². The molecule has 0 atom stereocenters. The summed E-state index contributed by atoms with van der Waals surface area (Å²) < 4.78 is 10.6. The number of nitrogens with one attached hydrogen (secondary N) is 1. The molecule has 0 fully saturated rings. The van der Waals surface area contributed by atoms with Crippen LogP contribution in [0.15, 0.2) is 54.7 Å². The first kappa shape index (κ1) is 18.9. The molecule has 0 unspecified atom stereocenters. The minimum absolute atomic E-state index is 0.205. The van der Waals surface area contributed by atoms with Crippen molar-refractivity contribution in [2.24, 2.45) is 0 Å². The summed E-state index contributed by atoms with van der Waals surface area (Å²) in [4.78, 5) is 22.3. The Morgan fingerprint density at radius 2 is 1.83 bits per heavy atom. The molecule has 0 saturated heterocycles. The summed E-state index contributed by atoms with van der Waals surface area (Å²) in [6, 6.07) is 15.3. The van der Waals surface area contributed by atoms with Gasteiger partial charge in [-0.2, -0.15) is 0 Å². The quantitative estimate of drug-likeness (QED) is 0.509. The zero-order valence-corrected chi connectivity index (χ0v) is 17.0. The first-order valence-corrected chi connectivity index (χ1v) is 9.76. The molecule has 4 aromatic rings. The van der Waals surface area contributed by atoms with Gasteiger partial charge in [-0.3, -0.25) is 9.78 Å². The number of aromatic nitrogens is 2. The molecule has 146 valence electrons. The summed E-state index contributed by atoms with van der Waals surface area (Å²) in [6.07, 6.45) is 1.66. The van der Waals surface area contributed by atoms with Crippen LogP contribution in [0.5, 0.6) is 11.5 Å². The molecular weight excluding hydrogens is 386 g/mol. The Bertz CT molecular complexity index is 1200. The number of ether oxygens (including phenoxy) is 2. The highest BCUT2D eigenvalue weighted by Gasteiger charge is 2.18. The number of carbonyl (C=O) groups is 1. The number of para-hydroxylation sites is 1. The number of fused-ring (bicyclic) bond motifs is 1. The number of methoxy groups -OCH3 is 2. The van der Waals surface area contributed by atoms with Gasteiger partial charge in [-0.15, -0.1) is 11.3 Å². The second kappa shape index (κ2) is 7.89. The van der Waals surface area contributed by atoms with E-state index in [1.54, 1.807) is 20.4 Å². The number of hydrogen-bond donors (Lipinski definition) is 1. The molecule has 0 radical (unpaired) electrons. The summed E-state index contributed by atoms with van der Waals surface area (Å²) in [5.41, 5.74) is 3.07. The first-order chi connectivity index (χ1) is 14.1. The molecule has 2 aromatic carbocycles. The van der Waals surface area contributed by atoms with Crippen molar-refractivity contribution in [3.8, 4) is 22.1 Å². The molecule has 0 spiro atoms. The van der Waals surface area contributed by atoms with Crippen LogP contribution < -0.4 is 14.8 Å². The third kappa shape index (κ3) is 3.77. The average molecular weight is 405 g/mol. The molecule has 1 amide bonds. The van der Waals surface area contributed by atoms with Crippen molar-refractivity contribution < 1.29 is 14.3 Å². The lowest BCUT2D eigenvalue weighted by molar-refractivity contribution is 0.103. The van der Waals surface area contributed by atoms with Crippen LogP contribution in [-0.2, 0) is 0 Å². The monoisotopic (exact) mass is 405 g/mol. The molecule has 0 saturated carbocycles. The van der Waals surface area contributed by atoms with Crippen LogP contribution >= 0.6 is 11.3 Å². The minimum Gasteiger partial charge on any atom is -0.493 e. The fourth-order valence-corrected chi connectivity index (χ4v) is 3.98. The van der Waals surface area contributed by atoms with Gasteiger partial charge in [0.05, 0.1) is 37.3 Å². The predicted octanol–water partition coefficient (Wildman–Crippen LogP) is 4.94. The highest BCUT2D eigenvalue weighted by molar-refractivity contribution is 7.17. The molecule has 0 aliphatic heterocycles. The van der Waals surface area contributed by atoms with Gasteiger partial charge < -0.3 is 14.8 Å². The molecule has 7 heteroatoms. The van der Waals surface area contributed by atoms with E-state index in [2.05, 4.69) is 15.3 Å². The molecule has 1 N–H and O–H groups in total. The molecule has 2 aromatic heterocycles. The standard InChI is InChI=1S/C22H19N3O3S/c1-13-20(21(26)25-16-10-14-6-4-5-7-17(14)23-12-16)29-22(24-13)15-8-9-18(27-2)19(11-15)28-3/h4-12H,1-3H3,(H,25,26). The van der Waals surface area contributed by atoms with Crippen LogP contribution in [0.25, 0.3) is 21.5 Å². The third-order valence-electron chi connectivity index (χ3n) is 4.48. The van der Waals surface area contributed by atoms with Gasteiger partial charge in [0.15, 0.2) is 11.5 Å². The van der Waals surface area contributed by atoms with Gasteiger partial charge in [-0.25, -0.2) is 4.98 Å². The number of benzene rings is 2. The number of nitrogens with zero attached hydrogens (tertiary/aromatic N) is 2. The molecule has 0 aliphatic rings. The average Bonchev–Trinajstić information content (AvgIpc) is 3.15. The van der Waals surface area contributed by atoms with E-state index in [1.165, 1.54) is 11.3 Å². The number of carbonyl (C=O) groups excluding carboxylic acids is 1. The van der Waals surface area contributed by atoms with E-state index in [-0.39, 0.29) is 5.91 Å². The Morgan fingerprint density at radius 3 is 2.62 bits per heavy atom. The number of thiazole rings is 1. The van der Waals surface area contributed by atoms with Crippen LogP contribution in [-0.4, -0.2) is 30.1 Å². The molecule has 0 aliphatic carbocycles. The number of rotatable bonds is 5. The van der Waals surface area contributed by atoms with Crippen molar-refractivity contribution in [2.45, 2.75) is 6.92 Å². The second-order valence-electron chi connectivity index (χ2n) is 6.37. The number of hydrogen-bond acceptors (Lipinski definition) is 6. The van der Waals surface area contributed by atoms with Crippen molar-refractivity contribution in [1.82, 2.24) is 9.97 Å². The van der Waals surface area contributed by atoms with Crippen molar-refractivity contribution in [3.05, 3.63) is 65.3 Å². The highest BCUT2D eigenvalue weighted by Crippen LogP contribution is 2.35. The fourth-order valence-electron chi connectivity index (χ4n) is 3.03. The van der Waals surface area contributed by atoms with Gasteiger partial charge in [0, 0.05) is 10.9 Å². The first-order valence-electron chi connectivity index (χ1n) is 8.95. The molecule has 4 rings (SSSR count). The van der Waals surface area contributed by atoms with E-state index >= 15 is 0 Å². The lowest BCUT2D eigenvalue weighted by Crippen LogP contribution is -2.11. The maximum absolute atomic E-state index is 12.8. The number of anilines is 1. The molecule has 29 heavy (non-hydrogen) atoms. The zero-order chi connectivity index (χ0) is 20.4. The van der Waals surface area contributed by atoms with E-state index in [0.29, 0.717) is 27.8 Å². The smallest absolute Gasteiger partial charge is 0.267 e. The lowest BCUT2D eigenvalue weighted by atomic mass is 10.2. The van der Waals surface area contributed by atoms with Crippen molar-refractivity contribution in [2.75, 3.05) is 19.5 Å². The van der Waals surface area contributed by atoms with Gasteiger partial charge in [0.25, 0.3) is 5.91 Å². The van der Waals surface area contributed by atoms with Crippen LogP contribution in [0, 0.1) is 6.92 Å². The predicted molar refractivity (Wildman–Crippen MR) is 115 cm³/mol. The Hall–Kier alpha value is -3.45. The van der Waals surface area contributed by atoms with Gasteiger partial charge in [0.1, 0.15) is 9.88 Å². The van der Waals surface area contributed by atoms with Gasteiger partial charge >= 0.3 is 0 Å². The fraction of sp³-hybridized carbons (Fsp3) is 0.136. The second-order valence-corrected chi connectivity index (χ2v) is 7.37. The van der Waals surface area contributed by atoms with Crippen LogP contribution in [0.3, 0.4) is 0 Å². The van der Waals surface area contributed by atoms with Crippen molar-refractivity contribution in [1.29, 1.82) is 0 Å².